The average molecular weight is 373 g/mol. The van der Waals surface area contributed by atoms with Gasteiger partial charge in [-0.3, -0.25) is 4.79 Å². The normalized spacial score (nSPS) is 11.5. The zero-order valence-corrected chi connectivity index (χ0v) is 16.2. The summed E-state index contributed by atoms with van der Waals surface area (Å²) in [5.74, 6) is 0.318. The summed E-state index contributed by atoms with van der Waals surface area (Å²) in [6, 6.07) is 12.7. The van der Waals surface area contributed by atoms with E-state index < -0.39 is 0 Å². The maximum absolute atomic E-state index is 12.5. The molecule has 1 N–H and O–H groups in total. The van der Waals surface area contributed by atoms with Crippen LogP contribution in [0.3, 0.4) is 0 Å². The molecule has 0 radical (unpaired) electrons. The molecule has 6 heteroatoms. The Morgan fingerprint density at radius 3 is 2.42 bits per heavy atom. The first-order chi connectivity index (χ1) is 12.4. The third-order valence-corrected chi connectivity index (χ3v) is 4.85. The zero-order valence-electron chi connectivity index (χ0n) is 15.4. The van der Waals surface area contributed by atoms with Gasteiger partial charge in [-0.2, -0.15) is 0 Å². The lowest BCUT2D eigenvalue weighted by Gasteiger charge is -2.14. The number of amides is 1. The van der Waals surface area contributed by atoms with Gasteiger partial charge < -0.3 is 14.8 Å². The standard InChI is InChI=1S/C20H23NO4S/c1-5-25-20(23)15-6-11-18(13(2)12-15)21-19(22)14(3)26-17-9-7-16(24-4)8-10-17/h6-12,14H,5H2,1-4H3,(H,21,22)/t14-/m0/s1. The SMILES string of the molecule is CCOC(=O)c1ccc(NC(=O)[C@H](C)Sc2ccc(OC)cc2)c(C)c1. The van der Waals surface area contributed by atoms with Crippen LogP contribution < -0.4 is 10.1 Å². The Morgan fingerprint density at radius 1 is 1.15 bits per heavy atom. The zero-order chi connectivity index (χ0) is 19.1. The van der Waals surface area contributed by atoms with E-state index in [2.05, 4.69) is 5.32 Å². The fraction of sp³-hybridized carbons (Fsp3) is 0.300. The topological polar surface area (TPSA) is 64.6 Å². The molecule has 0 spiro atoms. The van der Waals surface area contributed by atoms with E-state index in [0.717, 1.165) is 16.2 Å². The molecule has 0 saturated heterocycles. The van der Waals surface area contributed by atoms with Gasteiger partial charge in [0, 0.05) is 10.6 Å². The molecule has 0 aliphatic rings. The van der Waals surface area contributed by atoms with Crippen molar-refractivity contribution in [1.29, 1.82) is 0 Å². The van der Waals surface area contributed by atoms with Crippen LogP contribution in [0.2, 0.25) is 0 Å². The second-order valence-electron chi connectivity index (χ2n) is 5.68. The van der Waals surface area contributed by atoms with E-state index >= 15 is 0 Å². The monoisotopic (exact) mass is 373 g/mol. The number of carbonyl (C=O) groups excluding carboxylic acids is 2. The summed E-state index contributed by atoms with van der Waals surface area (Å²) in [5, 5.41) is 2.64. The van der Waals surface area contributed by atoms with Gasteiger partial charge in [0.1, 0.15) is 5.75 Å². The van der Waals surface area contributed by atoms with Gasteiger partial charge in [-0.25, -0.2) is 4.79 Å². The number of benzene rings is 2. The van der Waals surface area contributed by atoms with Gasteiger partial charge in [0.2, 0.25) is 5.91 Å². The molecule has 0 aromatic heterocycles. The Hall–Kier alpha value is -2.47. The van der Waals surface area contributed by atoms with Crippen LogP contribution in [0.1, 0.15) is 29.8 Å². The van der Waals surface area contributed by atoms with Crippen LogP contribution in [0, 0.1) is 6.92 Å². The molecule has 1 atom stereocenters. The smallest absolute Gasteiger partial charge is 0.338 e. The first-order valence-corrected chi connectivity index (χ1v) is 9.22. The molecule has 0 aliphatic heterocycles. The summed E-state index contributed by atoms with van der Waals surface area (Å²) < 4.78 is 10.1. The van der Waals surface area contributed by atoms with Crippen LogP contribution in [-0.2, 0) is 9.53 Å². The Bertz CT molecular complexity index is 774. The van der Waals surface area contributed by atoms with Gasteiger partial charge in [0.05, 0.1) is 24.5 Å². The molecule has 0 saturated carbocycles. The summed E-state index contributed by atoms with van der Waals surface area (Å²) in [7, 11) is 1.62. The van der Waals surface area contributed by atoms with E-state index in [9.17, 15) is 9.59 Å². The fourth-order valence-electron chi connectivity index (χ4n) is 2.29. The number of hydrogen-bond acceptors (Lipinski definition) is 5. The summed E-state index contributed by atoms with van der Waals surface area (Å²) in [4.78, 5) is 25.2. The van der Waals surface area contributed by atoms with E-state index in [1.54, 1.807) is 32.2 Å². The highest BCUT2D eigenvalue weighted by molar-refractivity contribution is 8.00. The highest BCUT2D eigenvalue weighted by atomic mass is 32.2. The van der Waals surface area contributed by atoms with Crippen molar-refractivity contribution >= 4 is 29.3 Å². The van der Waals surface area contributed by atoms with Crippen molar-refractivity contribution in [3.63, 3.8) is 0 Å². The average Bonchev–Trinajstić information content (AvgIpc) is 2.64. The van der Waals surface area contributed by atoms with Gasteiger partial charge in [-0.15, -0.1) is 11.8 Å². The highest BCUT2D eigenvalue weighted by Crippen LogP contribution is 2.26. The Labute approximate surface area is 158 Å². The van der Waals surface area contributed by atoms with Crippen LogP contribution in [-0.4, -0.2) is 30.8 Å². The number of hydrogen-bond donors (Lipinski definition) is 1. The number of methoxy groups -OCH3 is 1. The van der Waals surface area contributed by atoms with Crippen molar-refractivity contribution < 1.29 is 19.1 Å². The molecule has 0 bridgehead atoms. The van der Waals surface area contributed by atoms with Crippen molar-refractivity contribution in [1.82, 2.24) is 0 Å². The van der Waals surface area contributed by atoms with E-state index in [1.165, 1.54) is 11.8 Å². The molecule has 1 amide bonds. The lowest BCUT2D eigenvalue weighted by atomic mass is 10.1. The quantitative estimate of drug-likeness (QED) is 0.579. The maximum atomic E-state index is 12.5. The van der Waals surface area contributed by atoms with E-state index in [0.29, 0.717) is 17.9 Å². The summed E-state index contributed by atoms with van der Waals surface area (Å²) in [5.41, 5.74) is 1.97. The van der Waals surface area contributed by atoms with Crippen LogP contribution in [0.5, 0.6) is 5.75 Å². The number of carbonyl (C=O) groups is 2. The van der Waals surface area contributed by atoms with Crippen molar-refractivity contribution in [3.05, 3.63) is 53.6 Å². The first-order valence-electron chi connectivity index (χ1n) is 8.34. The van der Waals surface area contributed by atoms with Gasteiger partial charge in [-0.05, 0) is 68.8 Å². The minimum absolute atomic E-state index is 0.0993. The van der Waals surface area contributed by atoms with E-state index in [4.69, 9.17) is 9.47 Å². The highest BCUT2D eigenvalue weighted by Gasteiger charge is 2.16. The van der Waals surface area contributed by atoms with Crippen molar-refractivity contribution in [2.24, 2.45) is 0 Å². The van der Waals surface area contributed by atoms with Crippen LogP contribution in [0.4, 0.5) is 5.69 Å². The predicted octanol–water partition coefficient (Wildman–Crippen LogP) is 4.30. The molecule has 0 heterocycles. The van der Waals surface area contributed by atoms with Crippen LogP contribution >= 0.6 is 11.8 Å². The lowest BCUT2D eigenvalue weighted by molar-refractivity contribution is -0.115. The maximum Gasteiger partial charge on any atom is 0.338 e. The largest absolute Gasteiger partial charge is 0.497 e. The number of thioether (sulfide) groups is 1. The molecule has 0 fully saturated rings. The number of nitrogens with one attached hydrogen (secondary N) is 1. The number of anilines is 1. The number of aryl methyl sites for hydroxylation is 1. The van der Waals surface area contributed by atoms with E-state index in [-0.39, 0.29) is 17.1 Å². The number of ether oxygens (including phenoxy) is 2. The lowest BCUT2D eigenvalue weighted by Crippen LogP contribution is -2.23. The molecule has 0 aliphatic carbocycles. The fourth-order valence-corrected chi connectivity index (χ4v) is 3.16. The number of esters is 1. The molecule has 2 rings (SSSR count). The minimum atomic E-state index is -0.364. The van der Waals surface area contributed by atoms with Crippen molar-refractivity contribution in [2.45, 2.75) is 30.9 Å². The summed E-state index contributed by atoms with van der Waals surface area (Å²) in [6.07, 6.45) is 0. The van der Waals surface area contributed by atoms with Crippen molar-refractivity contribution in [2.75, 3.05) is 19.0 Å². The van der Waals surface area contributed by atoms with Gasteiger partial charge in [0.25, 0.3) is 0 Å². The van der Waals surface area contributed by atoms with Gasteiger partial charge >= 0.3 is 5.97 Å². The van der Waals surface area contributed by atoms with Gasteiger partial charge in [-0.1, -0.05) is 0 Å². The molecule has 5 nitrogen and oxygen atoms in total. The number of rotatable bonds is 7. The molecule has 2 aromatic rings. The predicted molar refractivity (Wildman–Crippen MR) is 104 cm³/mol. The molecule has 138 valence electrons. The summed E-state index contributed by atoms with van der Waals surface area (Å²) >= 11 is 1.47. The molecule has 2 aromatic carbocycles. The molecule has 26 heavy (non-hydrogen) atoms. The van der Waals surface area contributed by atoms with Crippen LogP contribution in [0.25, 0.3) is 0 Å². The molecular weight excluding hydrogens is 350 g/mol. The third kappa shape index (κ3) is 5.26. The Kier molecular flexibility index (Phi) is 7.09. The van der Waals surface area contributed by atoms with Crippen molar-refractivity contribution in [3.8, 4) is 5.75 Å². The minimum Gasteiger partial charge on any atom is -0.497 e. The third-order valence-electron chi connectivity index (χ3n) is 3.74. The second kappa shape index (κ2) is 9.29. The first kappa shape index (κ1) is 19.8. The Morgan fingerprint density at radius 2 is 1.85 bits per heavy atom. The second-order valence-corrected chi connectivity index (χ2v) is 7.09. The Balaban J connectivity index is 2.00. The van der Waals surface area contributed by atoms with E-state index in [1.807, 2.05) is 38.1 Å². The van der Waals surface area contributed by atoms with Gasteiger partial charge in [0.15, 0.2) is 0 Å². The van der Waals surface area contributed by atoms with Crippen LogP contribution in [0.15, 0.2) is 47.4 Å². The summed E-state index contributed by atoms with van der Waals surface area (Å²) in [6.45, 7) is 5.80. The molecule has 0 unspecified atom stereocenters. The molecular formula is C20H23NO4S.